The number of hydrogen-bond donors (Lipinski definition) is 1. The third-order valence-corrected chi connectivity index (χ3v) is 5.07. The van der Waals surface area contributed by atoms with E-state index in [9.17, 15) is 14.7 Å². The van der Waals surface area contributed by atoms with Gasteiger partial charge in [-0.05, 0) is 24.1 Å². The molecule has 1 amide bonds. The highest BCUT2D eigenvalue weighted by molar-refractivity contribution is 6.40. The van der Waals surface area contributed by atoms with Crippen molar-refractivity contribution in [1.82, 2.24) is 14.5 Å². The molecule has 3 aromatic rings. The average molecular weight is 379 g/mol. The summed E-state index contributed by atoms with van der Waals surface area (Å²) in [6, 6.07) is 12.2. The molecule has 1 saturated heterocycles. The van der Waals surface area contributed by atoms with Crippen LogP contribution in [0.1, 0.15) is 35.5 Å². The van der Waals surface area contributed by atoms with Crippen LogP contribution >= 0.6 is 0 Å². The van der Waals surface area contributed by atoms with Gasteiger partial charge in [-0.3, -0.25) is 9.59 Å². The minimum atomic E-state index is -0.625. The highest BCUT2D eigenvalue weighted by atomic mass is 16.4. The Morgan fingerprint density at radius 3 is 2.57 bits per heavy atom. The van der Waals surface area contributed by atoms with Crippen LogP contribution in [0.25, 0.3) is 0 Å². The van der Waals surface area contributed by atoms with Gasteiger partial charge in [-0.25, -0.2) is 4.98 Å². The fraction of sp³-hybridized carbons (Fsp3) is 0.286. The molecule has 7 nitrogen and oxygen atoms in total. The quantitative estimate of drug-likeness (QED) is 0.637. The van der Waals surface area contributed by atoms with Gasteiger partial charge < -0.3 is 19.0 Å². The first-order valence-electron chi connectivity index (χ1n) is 9.24. The number of likely N-dealkylation sites (tertiary alicyclic amines) is 1. The number of ketones is 1. The van der Waals surface area contributed by atoms with Crippen LogP contribution in [-0.2, 0) is 22.7 Å². The van der Waals surface area contributed by atoms with Crippen molar-refractivity contribution in [3.05, 3.63) is 78.3 Å². The van der Waals surface area contributed by atoms with E-state index >= 15 is 0 Å². The Bertz CT molecular complexity index is 949. The normalized spacial score (nSPS) is 19.5. The second kappa shape index (κ2) is 7.82. The summed E-state index contributed by atoms with van der Waals surface area (Å²) in [7, 11) is 0. The fourth-order valence-corrected chi connectivity index (χ4v) is 3.76. The van der Waals surface area contributed by atoms with E-state index in [0.29, 0.717) is 31.0 Å². The maximum absolute atomic E-state index is 12.9. The molecule has 0 spiro atoms. The van der Waals surface area contributed by atoms with Crippen molar-refractivity contribution in [3.8, 4) is 0 Å². The number of carbonyl (C=O) groups excluding carboxylic acids is 2. The third-order valence-electron chi connectivity index (χ3n) is 5.07. The van der Waals surface area contributed by atoms with Crippen molar-refractivity contribution < 1.29 is 19.1 Å². The Morgan fingerprint density at radius 2 is 1.89 bits per heavy atom. The van der Waals surface area contributed by atoms with E-state index in [1.54, 1.807) is 29.6 Å². The molecule has 4 rings (SSSR count). The lowest BCUT2D eigenvalue weighted by molar-refractivity contribution is -0.140. The van der Waals surface area contributed by atoms with E-state index in [4.69, 9.17) is 4.42 Å². The Morgan fingerprint density at radius 1 is 1.07 bits per heavy atom. The molecule has 3 heterocycles. The fourth-order valence-electron chi connectivity index (χ4n) is 3.76. The maximum atomic E-state index is 12.9. The van der Waals surface area contributed by atoms with E-state index in [2.05, 4.69) is 4.98 Å². The van der Waals surface area contributed by atoms with Crippen molar-refractivity contribution in [2.45, 2.75) is 31.5 Å². The summed E-state index contributed by atoms with van der Waals surface area (Å²) in [5.74, 6) is -0.626. The second-order valence-corrected chi connectivity index (χ2v) is 6.81. The monoisotopic (exact) mass is 379 g/mol. The molecule has 2 unspecified atom stereocenters. The van der Waals surface area contributed by atoms with Crippen LogP contribution in [0.4, 0.5) is 0 Å². The van der Waals surface area contributed by atoms with Gasteiger partial charge in [0.2, 0.25) is 5.78 Å². The topological polar surface area (TPSA) is 88.6 Å². The van der Waals surface area contributed by atoms with Crippen molar-refractivity contribution >= 4 is 11.7 Å². The van der Waals surface area contributed by atoms with Crippen molar-refractivity contribution in [2.24, 2.45) is 0 Å². The molecule has 7 heteroatoms. The van der Waals surface area contributed by atoms with Gasteiger partial charge in [0.05, 0.1) is 12.2 Å². The van der Waals surface area contributed by atoms with Crippen LogP contribution in [0.15, 0.2) is 65.6 Å². The number of rotatable bonds is 7. The number of aryl methyl sites for hydroxylation is 1. The summed E-state index contributed by atoms with van der Waals surface area (Å²) in [5, 5.41) is 9.34. The lowest BCUT2D eigenvalue weighted by Gasteiger charge is -2.26. The molecule has 0 radical (unpaired) electrons. The van der Waals surface area contributed by atoms with Crippen molar-refractivity contribution in [1.29, 1.82) is 0 Å². The number of aromatic nitrogens is 2. The summed E-state index contributed by atoms with van der Waals surface area (Å²) in [4.78, 5) is 31.3. The van der Waals surface area contributed by atoms with E-state index < -0.39 is 23.7 Å². The van der Waals surface area contributed by atoms with Crippen molar-refractivity contribution in [3.63, 3.8) is 0 Å². The largest absolute Gasteiger partial charge is 0.461 e. The van der Waals surface area contributed by atoms with Gasteiger partial charge in [-0.2, -0.15) is 0 Å². The van der Waals surface area contributed by atoms with E-state index in [1.165, 1.54) is 0 Å². The molecule has 0 aliphatic carbocycles. The number of aliphatic hydroxyl groups excluding tert-OH is 1. The lowest BCUT2D eigenvalue weighted by atomic mass is 9.89. The molecule has 2 atom stereocenters. The summed E-state index contributed by atoms with van der Waals surface area (Å²) in [6.45, 7) is 0.887. The minimum Gasteiger partial charge on any atom is -0.461 e. The molecule has 1 N–H and O–H groups in total. The third kappa shape index (κ3) is 3.36. The Labute approximate surface area is 162 Å². The number of imidazole rings is 1. The zero-order chi connectivity index (χ0) is 19.5. The highest BCUT2D eigenvalue weighted by Crippen LogP contribution is 2.43. The van der Waals surface area contributed by atoms with Gasteiger partial charge in [-0.1, -0.05) is 30.3 Å². The molecule has 0 bridgehead atoms. The maximum Gasteiger partial charge on any atom is 0.291 e. The van der Waals surface area contributed by atoms with Gasteiger partial charge in [0.25, 0.3) is 5.91 Å². The zero-order valence-corrected chi connectivity index (χ0v) is 15.3. The molecule has 28 heavy (non-hydrogen) atoms. The van der Waals surface area contributed by atoms with Gasteiger partial charge >= 0.3 is 0 Å². The van der Waals surface area contributed by atoms with Gasteiger partial charge in [0.1, 0.15) is 24.2 Å². The SMILES string of the molecule is O=C1C(=O)N(CCCn2ccnc2)C(c2ccc(CO)o2)C1c1ccccc1. The Balaban J connectivity index is 1.64. The summed E-state index contributed by atoms with van der Waals surface area (Å²) < 4.78 is 7.67. The van der Waals surface area contributed by atoms with Crippen LogP contribution in [0, 0.1) is 0 Å². The number of hydrogen-bond acceptors (Lipinski definition) is 5. The van der Waals surface area contributed by atoms with Crippen LogP contribution < -0.4 is 0 Å². The molecular weight excluding hydrogens is 358 g/mol. The first-order valence-corrected chi connectivity index (χ1v) is 9.24. The predicted octanol–water partition coefficient (Wildman–Crippen LogP) is 2.29. The second-order valence-electron chi connectivity index (χ2n) is 6.81. The smallest absolute Gasteiger partial charge is 0.291 e. The first kappa shape index (κ1) is 18.2. The molecule has 1 aliphatic heterocycles. The van der Waals surface area contributed by atoms with Gasteiger partial charge in [0, 0.05) is 25.5 Å². The highest BCUT2D eigenvalue weighted by Gasteiger charge is 2.49. The standard InChI is InChI=1S/C21H21N3O4/c25-13-16-7-8-17(28-16)19-18(15-5-2-1-3-6-15)20(26)21(27)24(19)11-4-10-23-12-9-22-14-23/h1-3,5-9,12,14,18-19,25H,4,10-11,13H2. The zero-order valence-electron chi connectivity index (χ0n) is 15.3. The first-order chi connectivity index (χ1) is 13.7. The Kier molecular flexibility index (Phi) is 5.08. The van der Waals surface area contributed by atoms with E-state index in [0.717, 1.165) is 5.56 Å². The summed E-state index contributed by atoms with van der Waals surface area (Å²) >= 11 is 0. The summed E-state index contributed by atoms with van der Waals surface area (Å²) in [5.41, 5.74) is 0.782. The number of aliphatic hydroxyl groups is 1. The van der Waals surface area contributed by atoms with Crippen LogP contribution in [-0.4, -0.2) is 37.8 Å². The predicted molar refractivity (Wildman–Crippen MR) is 100 cm³/mol. The number of carbonyl (C=O) groups is 2. The molecule has 2 aromatic heterocycles. The van der Waals surface area contributed by atoms with Crippen LogP contribution in [0.3, 0.4) is 0 Å². The number of furan rings is 1. The molecule has 1 aromatic carbocycles. The van der Waals surface area contributed by atoms with Gasteiger partial charge in [-0.15, -0.1) is 0 Å². The van der Waals surface area contributed by atoms with Crippen molar-refractivity contribution in [2.75, 3.05) is 6.54 Å². The van der Waals surface area contributed by atoms with Crippen LogP contribution in [0.5, 0.6) is 0 Å². The molecule has 0 saturated carbocycles. The average Bonchev–Trinajstić information content (AvgIpc) is 3.45. The molecular formula is C21H21N3O4. The van der Waals surface area contributed by atoms with Gasteiger partial charge in [0.15, 0.2) is 0 Å². The van der Waals surface area contributed by atoms with E-state index in [1.807, 2.05) is 41.1 Å². The van der Waals surface area contributed by atoms with E-state index in [-0.39, 0.29) is 6.61 Å². The molecule has 1 aliphatic rings. The Hall–Kier alpha value is -3.19. The minimum absolute atomic E-state index is 0.231. The number of benzene rings is 1. The lowest BCUT2D eigenvalue weighted by Crippen LogP contribution is -2.31. The number of nitrogens with zero attached hydrogens (tertiary/aromatic N) is 3. The van der Waals surface area contributed by atoms with Crippen LogP contribution in [0.2, 0.25) is 0 Å². The summed E-state index contributed by atoms with van der Waals surface area (Å²) in [6.07, 6.45) is 5.97. The molecule has 1 fully saturated rings. The number of Topliss-reactive ketones (excluding diaryl/α,β-unsaturated/α-hetero) is 1. The molecule has 144 valence electrons. The number of amides is 1.